The molecule has 0 aromatic rings. The summed E-state index contributed by atoms with van der Waals surface area (Å²) in [7, 11) is 0. The average Bonchev–Trinajstić information content (AvgIpc) is 1.63. The standard InChI is InChI=1S/C8H13Br/c1-7(2)6-8(3)4-5-9/h6H,1,4-5H2,2-3H3/b8-6+. The third-order valence-corrected chi connectivity index (χ3v) is 1.38. The molecule has 0 spiro atoms. The van der Waals surface area contributed by atoms with Gasteiger partial charge >= 0.3 is 0 Å². The molecule has 0 radical (unpaired) electrons. The van der Waals surface area contributed by atoms with E-state index < -0.39 is 0 Å². The van der Waals surface area contributed by atoms with E-state index in [1.165, 1.54) is 5.57 Å². The van der Waals surface area contributed by atoms with Gasteiger partial charge in [-0.15, -0.1) is 0 Å². The SMILES string of the molecule is C=C(C)/C=C(\C)CCBr. The van der Waals surface area contributed by atoms with Crippen LogP contribution >= 0.6 is 15.9 Å². The molecule has 0 aliphatic heterocycles. The average molecular weight is 189 g/mol. The maximum atomic E-state index is 3.79. The fourth-order valence-electron chi connectivity index (χ4n) is 0.642. The van der Waals surface area contributed by atoms with Crippen LogP contribution in [0.3, 0.4) is 0 Å². The van der Waals surface area contributed by atoms with E-state index in [9.17, 15) is 0 Å². The molecule has 9 heavy (non-hydrogen) atoms. The summed E-state index contributed by atoms with van der Waals surface area (Å²) >= 11 is 3.37. The Balaban J connectivity index is 3.69. The predicted molar refractivity (Wildman–Crippen MR) is 47.0 cm³/mol. The van der Waals surface area contributed by atoms with Crippen molar-refractivity contribution >= 4 is 15.9 Å². The first-order valence-corrected chi connectivity index (χ1v) is 4.17. The highest BCUT2D eigenvalue weighted by atomic mass is 79.9. The molecule has 0 unspecified atom stereocenters. The van der Waals surface area contributed by atoms with Gasteiger partial charge in [0.1, 0.15) is 0 Å². The van der Waals surface area contributed by atoms with Crippen molar-refractivity contribution < 1.29 is 0 Å². The van der Waals surface area contributed by atoms with Crippen molar-refractivity contribution in [3.05, 3.63) is 23.8 Å². The minimum absolute atomic E-state index is 1.04. The van der Waals surface area contributed by atoms with Crippen molar-refractivity contribution in [1.29, 1.82) is 0 Å². The molecule has 0 atom stereocenters. The Labute approximate surface area is 65.8 Å². The van der Waals surface area contributed by atoms with Crippen LogP contribution in [0.15, 0.2) is 23.8 Å². The third kappa shape index (κ3) is 5.84. The number of halogens is 1. The van der Waals surface area contributed by atoms with Gasteiger partial charge in [0, 0.05) is 5.33 Å². The molecule has 0 aliphatic carbocycles. The van der Waals surface area contributed by atoms with Crippen LogP contribution in [0.4, 0.5) is 0 Å². The van der Waals surface area contributed by atoms with Crippen LogP contribution in [0.1, 0.15) is 20.3 Å². The van der Waals surface area contributed by atoms with Crippen LogP contribution in [-0.2, 0) is 0 Å². The van der Waals surface area contributed by atoms with Gasteiger partial charge in [-0.2, -0.15) is 0 Å². The van der Waals surface area contributed by atoms with Crippen molar-refractivity contribution in [2.45, 2.75) is 20.3 Å². The maximum Gasteiger partial charge on any atom is 0.00685 e. The van der Waals surface area contributed by atoms with E-state index in [0.717, 1.165) is 17.3 Å². The van der Waals surface area contributed by atoms with Gasteiger partial charge in [-0.05, 0) is 20.3 Å². The molecular weight excluding hydrogens is 176 g/mol. The van der Waals surface area contributed by atoms with Crippen molar-refractivity contribution in [2.75, 3.05) is 5.33 Å². The molecule has 0 rings (SSSR count). The van der Waals surface area contributed by atoms with Crippen molar-refractivity contribution in [3.8, 4) is 0 Å². The quantitative estimate of drug-likeness (QED) is 0.472. The van der Waals surface area contributed by atoms with Gasteiger partial charge in [0.2, 0.25) is 0 Å². The van der Waals surface area contributed by atoms with E-state index in [1.807, 2.05) is 6.92 Å². The van der Waals surface area contributed by atoms with Gasteiger partial charge in [0.25, 0.3) is 0 Å². The first kappa shape index (κ1) is 8.96. The van der Waals surface area contributed by atoms with E-state index >= 15 is 0 Å². The molecule has 0 aromatic carbocycles. The predicted octanol–water partition coefficient (Wildman–Crippen LogP) is 3.29. The zero-order valence-corrected chi connectivity index (χ0v) is 7.66. The first-order chi connectivity index (χ1) is 4.16. The Morgan fingerprint density at radius 3 is 2.44 bits per heavy atom. The second-order valence-corrected chi connectivity index (χ2v) is 3.07. The summed E-state index contributed by atoms with van der Waals surface area (Å²) in [6, 6.07) is 0. The summed E-state index contributed by atoms with van der Waals surface area (Å²) in [6.45, 7) is 7.92. The normalized spacial score (nSPS) is 11.7. The van der Waals surface area contributed by atoms with Gasteiger partial charge in [0.05, 0.1) is 0 Å². The van der Waals surface area contributed by atoms with Crippen molar-refractivity contribution in [2.24, 2.45) is 0 Å². The van der Waals surface area contributed by atoms with E-state index in [2.05, 4.69) is 35.5 Å². The minimum Gasteiger partial charge on any atom is -0.0961 e. The molecule has 52 valence electrons. The van der Waals surface area contributed by atoms with Gasteiger partial charge in [-0.25, -0.2) is 0 Å². The summed E-state index contributed by atoms with van der Waals surface area (Å²) in [5.41, 5.74) is 2.52. The lowest BCUT2D eigenvalue weighted by Gasteiger charge is -1.94. The molecule has 0 heterocycles. The lowest BCUT2D eigenvalue weighted by Crippen LogP contribution is -1.77. The minimum atomic E-state index is 1.04. The number of alkyl halides is 1. The molecule has 0 N–H and O–H groups in total. The van der Waals surface area contributed by atoms with Gasteiger partial charge in [0.15, 0.2) is 0 Å². The fraction of sp³-hybridized carbons (Fsp3) is 0.500. The summed E-state index contributed by atoms with van der Waals surface area (Å²) in [5.74, 6) is 0. The van der Waals surface area contributed by atoms with Crippen LogP contribution in [0, 0.1) is 0 Å². The number of rotatable bonds is 3. The monoisotopic (exact) mass is 188 g/mol. The van der Waals surface area contributed by atoms with Crippen LogP contribution in [0.2, 0.25) is 0 Å². The van der Waals surface area contributed by atoms with Gasteiger partial charge in [-0.3, -0.25) is 0 Å². The van der Waals surface area contributed by atoms with Gasteiger partial charge < -0.3 is 0 Å². The molecule has 0 saturated heterocycles. The summed E-state index contributed by atoms with van der Waals surface area (Å²) in [4.78, 5) is 0. The van der Waals surface area contributed by atoms with Crippen LogP contribution in [-0.4, -0.2) is 5.33 Å². The summed E-state index contributed by atoms with van der Waals surface area (Å²) in [6.07, 6.45) is 3.23. The van der Waals surface area contributed by atoms with Crippen molar-refractivity contribution in [3.63, 3.8) is 0 Å². The van der Waals surface area contributed by atoms with Crippen LogP contribution < -0.4 is 0 Å². The van der Waals surface area contributed by atoms with E-state index in [1.54, 1.807) is 0 Å². The third-order valence-electron chi connectivity index (χ3n) is 0.982. The molecule has 0 saturated carbocycles. The Bertz CT molecular complexity index is 123. The molecule has 1 heteroatoms. The molecule has 0 nitrogen and oxygen atoms in total. The zero-order valence-electron chi connectivity index (χ0n) is 6.08. The number of allylic oxidation sites excluding steroid dienone is 3. The van der Waals surface area contributed by atoms with Crippen LogP contribution in [0.5, 0.6) is 0 Å². The smallest absolute Gasteiger partial charge is 0.00685 e. The Morgan fingerprint density at radius 1 is 1.56 bits per heavy atom. The summed E-state index contributed by atoms with van der Waals surface area (Å²) < 4.78 is 0. The Hall–Kier alpha value is -0.0400. The second kappa shape index (κ2) is 4.80. The fourth-order valence-corrected chi connectivity index (χ4v) is 1.27. The highest BCUT2D eigenvalue weighted by Crippen LogP contribution is 2.05. The largest absolute Gasteiger partial charge is 0.0961 e. The molecule has 0 fully saturated rings. The molecule has 0 aliphatic rings. The Morgan fingerprint density at radius 2 is 2.11 bits per heavy atom. The van der Waals surface area contributed by atoms with Gasteiger partial charge in [-0.1, -0.05) is 39.7 Å². The van der Waals surface area contributed by atoms with Crippen molar-refractivity contribution in [1.82, 2.24) is 0 Å². The molecule has 0 aromatic heterocycles. The lowest BCUT2D eigenvalue weighted by molar-refractivity contribution is 1.12. The number of hydrogen-bond acceptors (Lipinski definition) is 0. The van der Waals surface area contributed by atoms with Crippen LogP contribution in [0.25, 0.3) is 0 Å². The summed E-state index contributed by atoms with van der Waals surface area (Å²) in [5, 5.41) is 1.04. The zero-order chi connectivity index (χ0) is 7.28. The Kier molecular flexibility index (Phi) is 4.78. The molecular formula is C8H13Br. The second-order valence-electron chi connectivity index (χ2n) is 2.28. The van der Waals surface area contributed by atoms with E-state index in [-0.39, 0.29) is 0 Å². The topological polar surface area (TPSA) is 0 Å². The maximum absolute atomic E-state index is 3.79. The highest BCUT2D eigenvalue weighted by molar-refractivity contribution is 9.09. The molecule has 0 bridgehead atoms. The van der Waals surface area contributed by atoms with E-state index in [4.69, 9.17) is 0 Å². The number of hydrogen-bond donors (Lipinski definition) is 0. The first-order valence-electron chi connectivity index (χ1n) is 3.05. The van der Waals surface area contributed by atoms with E-state index in [0.29, 0.717) is 0 Å². The lowest BCUT2D eigenvalue weighted by atomic mass is 10.2. The molecule has 0 amide bonds. The highest BCUT2D eigenvalue weighted by Gasteiger charge is 1.85.